The predicted octanol–water partition coefficient (Wildman–Crippen LogP) is 1.65. The molecule has 0 N–H and O–H groups in total. The van der Waals surface area contributed by atoms with Crippen molar-refractivity contribution in [2.24, 2.45) is 11.8 Å². The topological polar surface area (TPSA) is 65.9 Å². The highest BCUT2D eigenvalue weighted by Crippen LogP contribution is 2.36. The summed E-state index contributed by atoms with van der Waals surface area (Å²) in [6.45, 7) is 8.11. The molecule has 2 bridgehead atoms. The van der Waals surface area contributed by atoms with Crippen LogP contribution in [0.1, 0.15) is 56.2 Å². The van der Waals surface area contributed by atoms with Crippen molar-refractivity contribution in [3.05, 3.63) is 33.7 Å². The Balaban J connectivity index is 1.28. The molecular weight excluding hydrogens is 392 g/mol. The van der Waals surface area contributed by atoms with E-state index in [0.717, 1.165) is 63.2 Å². The van der Waals surface area contributed by atoms with Crippen molar-refractivity contribution in [2.75, 3.05) is 39.3 Å². The van der Waals surface area contributed by atoms with Crippen LogP contribution in [0.2, 0.25) is 0 Å². The van der Waals surface area contributed by atoms with Crippen molar-refractivity contribution in [1.82, 2.24) is 19.3 Å². The second-order valence-electron chi connectivity index (χ2n) is 10.0. The van der Waals surface area contributed by atoms with Crippen LogP contribution >= 0.6 is 0 Å². The van der Waals surface area contributed by atoms with E-state index in [1.165, 1.54) is 12.8 Å². The van der Waals surface area contributed by atoms with E-state index >= 15 is 0 Å². The second-order valence-corrected chi connectivity index (χ2v) is 10.0. The number of rotatable bonds is 3. The first-order chi connectivity index (χ1) is 15.0. The summed E-state index contributed by atoms with van der Waals surface area (Å²) in [5.74, 6) is 0.984. The van der Waals surface area contributed by atoms with Gasteiger partial charge in [0, 0.05) is 69.3 Å². The highest BCUT2D eigenvalue weighted by Gasteiger charge is 2.39. The fourth-order valence-electron chi connectivity index (χ4n) is 6.17. The van der Waals surface area contributed by atoms with Gasteiger partial charge in [0.1, 0.15) is 0 Å². The quantitative estimate of drug-likeness (QED) is 0.737. The van der Waals surface area contributed by atoms with Gasteiger partial charge in [-0.1, -0.05) is 6.07 Å². The number of nitrogens with zero attached hydrogens (tertiary/aromatic N) is 4. The summed E-state index contributed by atoms with van der Waals surface area (Å²) in [6.07, 6.45) is 5.06. The molecule has 5 rings (SSSR count). The van der Waals surface area contributed by atoms with Gasteiger partial charge in [-0.05, 0) is 57.2 Å². The number of hydrogen-bond acceptors (Lipinski definition) is 4. The molecule has 168 valence electrons. The Morgan fingerprint density at radius 1 is 0.968 bits per heavy atom. The minimum atomic E-state index is 0.0273. The fourth-order valence-corrected chi connectivity index (χ4v) is 6.17. The van der Waals surface area contributed by atoms with Crippen LogP contribution in [-0.4, -0.2) is 70.3 Å². The van der Waals surface area contributed by atoms with Gasteiger partial charge >= 0.3 is 0 Å². The summed E-state index contributed by atoms with van der Waals surface area (Å²) >= 11 is 0. The van der Waals surface area contributed by atoms with Crippen LogP contribution in [0.4, 0.5) is 0 Å². The van der Waals surface area contributed by atoms with Gasteiger partial charge in [0.05, 0.1) is 0 Å². The molecule has 0 radical (unpaired) electrons. The van der Waals surface area contributed by atoms with Gasteiger partial charge < -0.3 is 14.4 Å². The lowest BCUT2D eigenvalue weighted by atomic mass is 9.82. The number of amides is 2. The summed E-state index contributed by atoms with van der Waals surface area (Å²) in [4.78, 5) is 44.3. The molecule has 31 heavy (non-hydrogen) atoms. The maximum absolute atomic E-state index is 13.2. The molecule has 2 atom stereocenters. The Hall–Kier alpha value is -2.15. The summed E-state index contributed by atoms with van der Waals surface area (Å²) in [6, 6.07) is 4.18. The fraction of sp³-hybridized carbons (Fsp3) is 0.708. The molecule has 0 aromatic carbocycles. The molecule has 1 aromatic heterocycles. The zero-order valence-electron chi connectivity index (χ0n) is 18.6. The lowest BCUT2D eigenvalue weighted by Gasteiger charge is -2.44. The first-order valence-electron chi connectivity index (χ1n) is 12.0. The van der Waals surface area contributed by atoms with E-state index in [-0.39, 0.29) is 29.2 Å². The number of carbonyl (C=O) groups is 2. The molecule has 7 heteroatoms. The number of carbonyl (C=O) groups excluding carboxylic acids is 2. The molecule has 7 nitrogen and oxygen atoms in total. The van der Waals surface area contributed by atoms with Crippen LogP contribution in [0.5, 0.6) is 0 Å². The normalized spacial score (nSPS) is 26.7. The molecule has 0 spiro atoms. The van der Waals surface area contributed by atoms with Crippen LogP contribution in [0.3, 0.4) is 0 Å². The zero-order valence-corrected chi connectivity index (χ0v) is 18.6. The molecule has 4 aliphatic rings. The Morgan fingerprint density at radius 3 is 2.42 bits per heavy atom. The first kappa shape index (κ1) is 20.7. The molecule has 3 fully saturated rings. The third-order valence-corrected chi connectivity index (χ3v) is 7.88. The zero-order chi connectivity index (χ0) is 21.5. The monoisotopic (exact) mass is 426 g/mol. The van der Waals surface area contributed by atoms with E-state index in [1.807, 2.05) is 15.5 Å². The van der Waals surface area contributed by atoms with Crippen LogP contribution in [-0.2, 0) is 22.7 Å². The number of aromatic nitrogens is 1. The maximum atomic E-state index is 13.2. The summed E-state index contributed by atoms with van der Waals surface area (Å²) in [5.41, 5.74) is 2.20. The lowest BCUT2D eigenvalue weighted by molar-refractivity contribution is -0.142. The minimum absolute atomic E-state index is 0.0273. The highest BCUT2D eigenvalue weighted by atomic mass is 16.2. The average molecular weight is 427 g/mol. The maximum Gasteiger partial charge on any atom is 0.255 e. The molecule has 4 aliphatic heterocycles. The molecule has 1 aromatic rings. The van der Waals surface area contributed by atoms with Gasteiger partial charge in [-0.2, -0.15) is 0 Å². The van der Waals surface area contributed by atoms with Crippen molar-refractivity contribution in [1.29, 1.82) is 0 Å². The van der Waals surface area contributed by atoms with Gasteiger partial charge in [0.25, 0.3) is 5.56 Å². The Morgan fingerprint density at radius 2 is 1.71 bits per heavy atom. The largest absolute Gasteiger partial charge is 0.343 e. The van der Waals surface area contributed by atoms with Gasteiger partial charge in [-0.25, -0.2) is 0 Å². The van der Waals surface area contributed by atoms with Crippen molar-refractivity contribution in [2.45, 2.75) is 58.0 Å². The number of fused-ring (bicyclic) bond motifs is 4. The third kappa shape index (κ3) is 4.04. The molecule has 2 amide bonds. The van der Waals surface area contributed by atoms with Crippen molar-refractivity contribution in [3.8, 4) is 0 Å². The first-order valence-corrected chi connectivity index (χ1v) is 12.0. The summed E-state index contributed by atoms with van der Waals surface area (Å²) in [5, 5.41) is 0. The average Bonchev–Trinajstić information content (AvgIpc) is 3.28. The van der Waals surface area contributed by atoms with Crippen molar-refractivity contribution in [3.63, 3.8) is 0 Å². The molecule has 0 aliphatic carbocycles. The molecule has 0 unspecified atom stereocenters. The number of piperidine rings is 2. The molecular formula is C24H34N4O3. The van der Waals surface area contributed by atoms with E-state index in [2.05, 4.69) is 15.9 Å². The van der Waals surface area contributed by atoms with Crippen molar-refractivity contribution >= 4 is 11.8 Å². The highest BCUT2D eigenvalue weighted by molar-refractivity contribution is 5.80. The van der Waals surface area contributed by atoms with E-state index in [4.69, 9.17) is 0 Å². The van der Waals surface area contributed by atoms with Gasteiger partial charge in [0.2, 0.25) is 11.8 Å². The van der Waals surface area contributed by atoms with Crippen LogP contribution < -0.4 is 5.56 Å². The summed E-state index contributed by atoms with van der Waals surface area (Å²) < 4.78 is 2.01. The van der Waals surface area contributed by atoms with E-state index in [0.29, 0.717) is 25.6 Å². The standard InChI is InChI=1S/C24H34N4O3/c1-17(29)26-10-6-19(7-11-26)23(30)27-13-18-12-21(16-27)22-5-4-20(24(31)28(22)14-18)15-25-8-2-3-9-25/h4-5,18-19,21H,2-3,6-16H2,1H3/t18-,21+/m0/s1. The Bertz CT molecular complexity index is 912. The van der Waals surface area contributed by atoms with Crippen LogP contribution in [0.25, 0.3) is 0 Å². The van der Waals surface area contributed by atoms with Crippen molar-refractivity contribution < 1.29 is 9.59 Å². The van der Waals surface area contributed by atoms with E-state index < -0.39 is 0 Å². The number of likely N-dealkylation sites (tertiary alicyclic amines) is 3. The predicted molar refractivity (Wildman–Crippen MR) is 118 cm³/mol. The molecule has 3 saturated heterocycles. The SMILES string of the molecule is CC(=O)N1CCC(C(=O)N2C[C@@H]3C[C@H](C2)c2ccc(CN4CCCC4)c(=O)n2C3)CC1. The van der Waals surface area contributed by atoms with Gasteiger partial charge in [0.15, 0.2) is 0 Å². The lowest BCUT2D eigenvalue weighted by Crippen LogP contribution is -2.52. The second kappa shape index (κ2) is 8.41. The van der Waals surface area contributed by atoms with Crippen LogP contribution in [0.15, 0.2) is 16.9 Å². The third-order valence-electron chi connectivity index (χ3n) is 7.88. The smallest absolute Gasteiger partial charge is 0.255 e. The van der Waals surface area contributed by atoms with Gasteiger partial charge in [-0.3, -0.25) is 19.3 Å². The van der Waals surface area contributed by atoms with Gasteiger partial charge in [-0.15, -0.1) is 0 Å². The molecule has 5 heterocycles. The van der Waals surface area contributed by atoms with E-state index in [9.17, 15) is 14.4 Å². The number of hydrogen-bond donors (Lipinski definition) is 0. The van der Waals surface area contributed by atoms with Crippen LogP contribution in [0, 0.1) is 11.8 Å². The Kier molecular flexibility index (Phi) is 5.63. The molecule has 0 saturated carbocycles. The number of pyridine rings is 1. The van der Waals surface area contributed by atoms with E-state index in [1.54, 1.807) is 6.92 Å². The Labute approximate surface area is 184 Å². The minimum Gasteiger partial charge on any atom is -0.343 e. The summed E-state index contributed by atoms with van der Waals surface area (Å²) in [7, 11) is 0.